The second kappa shape index (κ2) is 6.25. The van der Waals surface area contributed by atoms with Gasteiger partial charge in [-0.3, -0.25) is 4.79 Å². The molecule has 1 amide bonds. The molecule has 112 valence electrons. The van der Waals surface area contributed by atoms with Gasteiger partial charge in [-0.1, -0.05) is 40.5 Å². The highest BCUT2D eigenvalue weighted by Crippen LogP contribution is 2.43. The first kappa shape index (κ1) is 16.5. The molecule has 1 aliphatic rings. The molecule has 1 saturated carbocycles. The van der Waals surface area contributed by atoms with Crippen molar-refractivity contribution in [2.75, 3.05) is 6.54 Å². The van der Waals surface area contributed by atoms with Gasteiger partial charge in [0.15, 0.2) is 0 Å². The first-order chi connectivity index (χ1) is 8.76. The molecule has 0 aromatic rings. The number of carbonyl (C=O) groups is 1. The zero-order valence-electron chi connectivity index (χ0n) is 13.4. The largest absolute Gasteiger partial charge is 0.349 e. The van der Waals surface area contributed by atoms with Crippen molar-refractivity contribution in [3.8, 4) is 0 Å². The van der Waals surface area contributed by atoms with Crippen molar-refractivity contribution >= 4 is 5.91 Å². The van der Waals surface area contributed by atoms with Crippen LogP contribution in [0.1, 0.15) is 66.7 Å². The summed E-state index contributed by atoms with van der Waals surface area (Å²) in [6, 6.07) is 0. The number of amides is 1. The fourth-order valence-electron chi connectivity index (χ4n) is 3.18. The summed E-state index contributed by atoms with van der Waals surface area (Å²) >= 11 is 0. The highest BCUT2D eigenvalue weighted by atomic mass is 16.2. The lowest BCUT2D eigenvalue weighted by Crippen LogP contribution is -2.58. The van der Waals surface area contributed by atoms with Crippen LogP contribution in [0.4, 0.5) is 0 Å². The number of carbonyl (C=O) groups excluding carboxylic acids is 1. The van der Waals surface area contributed by atoms with Gasteiger partial charge in [0.1, 0.15) is 0 Å². The summed E-state index contributed by atoms with van der Waals surface area (Å²) in [6.45, 7) is 11.2. The Balaban J connectivity index is 2.84. The first-order valence-electron chi connectivity index (χ1n) is 7.78. The Morgan fingerprint density at radius 1 is 1.26 bits per heavy atom. The van der Waals surface area contributed by atoms with E-state index < -0.39 is 0 Å². The van der Waals surface area contributed by atoms with Gasteiger partial charge >= 0.3 is 0 Å². The van der Waals surface area contributed by atoms with Gasteiger partial charge in [0.2, 0.25) is 5.91 Å². The monoisotopic (exact) mass is 268 g/mol. The molecule has 1 rings (SSSR count). The molecular weight excluding hydrogens is 236 g/mol. The molecule has 0 heterocycles. The van der Waals surface area contributed by atoms with Crippen LogP contribution < -0.4 is 11.1 Å². The SMILES string of the molecule is CC(C)CC1(C(=O)NC(C)(CN)C(C)C)CCCC1. The molecule has 3 heteroatoms. The predicted octanol–water partition coefficient (Wildman–Crippen LogP) is 3.08. The first-order valence-corrected chi connectivity index (χ1v) is 7.78. The summed E-state index contributed by atoms with van der Waals surface area (Å²) in [5.41, 5.74) is 5.46. The third kappa shape index (κ3) is 3.71. The Hall–Kier alpha value is -0.570. The third-order valence-electron chi connectivity index (χ3n) is 4.94. The van der Waals surface area contributed by atoms with E-state index in [-0.39, 0.29) is 16.9 Å². The number of hydrogen-bond donors (Lipinski definition) is 2. The van der Waals surface area contributed by atoms with Crippen LogP contribution in [-0.2, 0) is 4.79 Å². The van der Waals surface area contributed by atoms with Crippen molar-refractivity contribution < 1.29 is 4.79 Å². The second-order valence-corrected chi connectivity index (χ2v) is 7.32. The molecule has 0 aromatic carbocycles. The van der Waals surface area contributed by atoms with Crippen molar-refractivity contribution in [1.82, 2.24) is 5.32 Å². The van der Waals surface area contributed by atoms with Crippen LogP contribution in [0.15, 0.2) is 0 Å². The lowest BCUT2D eigenvalue weighted by Gasteiger charge is -2.38. The standard InChI is InChI=1S/C16H32N2O/c1-12(2)10-16(8-6-7-9-16)14(19)18-15(5,11-17)13(3)4/h12-13H,6-11,17H2,1-5H3,(H,18,19). The van der Waals surface area contributed by atoms with Gasteiger partial charge in [-0.15, -0.1) is 0 Å². The third-order valence-corrected chi connectivity index (χ3v) is 4.94. The Labute approximate surface area is 118 Å². The normalized spacial score (nSPS) is 21.7. The van der Waals surface area contributed by atoms with Crippen molar-refractivity contribution in [2.45, 2.75) is 72.3 Å². The van der Waals surface area contributed by atoms with E-state index in [0.29, 0.717) is 18.4 Å². The van der Waals surface area contributed by atoms with Gasteiger partial charge in [0.05, 0.1) is 5.54 Å². The summed E-state index contributed by atoms with van der Waals surface area (Å²) in [6.07, 6.45) is 5.44. The van der Waals surface area contributed by atoms with E-state index in [2.05, 4.69) is 39.9 Å². The van der Waals surface area contributed by atoms with Gasteiger partial charge in [0, 0.05) is 12.0 Å². The quantitative estimate of drug-likeness (QED) is 0.778. The highest BCUT2D eigenvalue weighted by molar-refractivity contribution is 5.83. The molecule has 0 spiro atoms. The molecule has 19 heavy (non-hydrogen) atoms. The van der Waals surface area contributed by atoms with Crippen LogP contribution in [-0.4, -0.2) is 18.0 Å². The van der Waals surface area contributed by atoms with Gasteiger partial charge in [0.25, 0.3) is 0 Å². The number of hydrogen-bond acceptors (Lipinski definition) is 2. The highest BCUT2D eigenvalue weighted by Gasteiger charge is 2.43. The molecule has 0 saturated heterocycles. The zero-order chi connectivity index (χ0) is 14.7. The lowest BCUT2D eigenvalue weighted by atomic mass is 9.76. The van der Waals surface area contributed by atoms with E-state index in [9.17, 15) is 4.79 Å². The van der Waals surface area contributed by atoms with E-state index in [0.717, 1.165) is 19.3 Å². The Bertz CT molecular complexity index is 306. The van der Waals surface area contributed by atoms with Crippen molar-refractivity contribution in [1.29, 1.82) is 0 Å². The van der Waals surface area contributed by atoms with Gasteiger partial charge in [-0.05, 0) is 38.0 Å². The van der Waals surface area contributed by atoms with E-state index in [1.165, 1.54) is 12.8 Å². The number of nitrogens with two attached hydrogens (primary N) is 1. The van der Waals surface area contributed by atoms with Crippen LogP contribution in [0.2, 0.25) is 0 Å². The minimum absolute atomic E-state index is 0.139. The van der Waals surface area contributed by atoms with Gasteiger partial charge in [-0.2, -0.15) is 0 Å². The summed E-state index contributed by atoms with van der Waals surface area (Å²) in [4.78, 5) is 12.8. The summed E-state index contributed by atoms with van der Waals surface area (Å²) in [7, 11) is 0. The smallest absolute Gasteiger partial charge is 0.226 e. The van der Waals surface area contributed by atoms with E-state index in [4.69, 9.17) is 5.73 Å². The Morgan fingerprint density at radius 2 is 1.79 bits per heavy atom. The van der Waals surface area contributed by atoms with E-state index in [1.807, 2.05) is 0 Å². The van der Waals surface area contributed by atoms with Crippen molar-refractivity contribution in [2.24, 2.45) is 23.0 Å². The predicted molar refractivity (Wildman–Crippen MR) is 80.8 cm³/mol. The maximum absolute atomic E-state index is 12.8. The minimum Gasteiger partial charge on any atom is -0.349 e. The molecule has 1 unspecified atom stereocenters. The lowest BCUT2D eigenvalue weighted by molar-refractivity contribution is -0.134. The number of nitrogens with one attached hydrogen (secondary N) is 1. The number of rotatable bonds is 6. The summed E-state index contributed by atoms with van der Waals surface area (Å²) in [5, 5.41) is 3.27. The molecule has 3 nitrogen and oxygen atoms in total. The molecule has 1 atom stereocenters. The van der Waals surface area contributed by atoms with E-state index >= 15 is 0 Å². The molecule has 0 aromatic heterocycles. The van der Waals surface area contributed by atoms with Crippen molar-refractivity contribution in [3.63, 3.8) is 0 Å². The fraction of sp³-hybridized carbons (Fsp3) is 0.938. The average Bonchev–Trinajstić information content (AvgIpc) is 2.77. The second-order valence-electron chi connectivity index (χ2n) is 7.32. The molecule has 1 fully saturated rings. The minimum atomic E-state index is -0.288. The van der Waals surface area contributed by atoms with Crippen LogP contribution in [0.25, 0.3) is 0 Å². The molecule has 0 radical (unpaired) electrons. The van der Waals surface area contributed by atoms with Crippen LogP contribution >= 0.6 is 0 Å². The summed E-state index contributed by atoms with van der Waals surface area (Å²) < 4.78 is 0. The van der Waals surface area contributed by atoms with Gasteiger partial charge < -0.3 is 11.1 Å². The molecule has 3 N–H and O–H groups in total. The molecular formula is C16H32N2O. The Morgan fingerprint density at radius 3 is 2.16 bits per heavy atom. The van der Waals surface area contributed by atoms with Crippen molar-refractivity contribution in [3.05, 3.63) is 0 Å². The van der Waals surface area contributed by atoms with Crippen LogP contribution in [0.3, 0.4) is 0 Å². The fourth-order valence-corrected chi connectivity index (χ4v) is 3.18. The van der Waals surface area contributed by atoms with Crippen LogP contribution in [0, 0.1) is 17.3 Å². The average molecular weight is 268 g/mol. The zero-order valence-corrected chi connectivity index (χ0v) is 13.4. The Kier molecular flexibility index (Phi) is 5.43. The van der Waals surface area contributed by atoms with E-state index in [1.54, 1.807) is 0 Å². The topological polar surface area (TPSA) is 55.1 Å². The molecule has 0 bridgehead atoms. The maximum atomic E-state index is 12.8. The molecule has 1 aliphatic carbocycles. The van der Waals surface area contributed by atoms with Gasteiger partial charge in [-0.25, -0.2) is 0 Å². The van der Waals surface area contributed by atoms with Crippen LogP contribution in [0.5, 0.6) is 0 Å². The molecule has 0 aliphatic heterocycles. The summed E-state index contributed by atoms with van der Waals surface area (Å²) in [5.74, 6) is 1.14. The maximum Gasteiger partial charge on any atom is 0.226 e.